The van der Waals surface area contributed by atoms with Gasteiger partial charge >= 0.3 is 6.18 Å². The van der Waals surface area contributed by atoms with Gasteiger partial charge in [0.2, 0.25) is 5.88 Å². The van der Waals surface area contributed by atoms with E-state index in [1.54, 1.807) is 18.2 Å². The fourth-order valence-electron chi connectivity index (χ4n) is 1.64. The maximum absolute atomic E-state index is 12.6. The third kappa shape index (κ3) is 3.56. The van der Waals surface area contributed by atoms with Crippen molar-refractivity contribution < 1.29 is 17.9 Å². The minimum atomic E-state index is -4.45. The first-order valence-electron chi connectivity index (χ1n) is 6.05. The summed E-state index contributed by atoms with van der Waals surface area (Å²) in [4.78, 5) is 5.60. The Balaban J connectivity index is 2.32. The second-order valence-corrected chi connectivity index (χ2v) is 4.60. The first kappa shape index (κ1) is 15.0. The van der Waals surface area contributed by atoms with Crippen molar-refractivity contribution in [1.29, 1.82) is 0 Å². The topological polar surface area (TPSA) is 51.4 Å². The van der Waals surface area contributed by atoms with E-state index in [0.29, 0.717) is 5.69 Å². The van der Waals surface area contributed by atoms with Crippen molar-refractivity contribution in [2.75, 3.05) is 24.7 Å². The van der Waals surface area contributed by atoms with Crippen molar-refractivity contribution in [3.05, 3.63) is 42.1 Å². The SMILES string of the molecule is CN(C)c1ccc(N)c(Oc2cc(C(F)(F)F)ccn2)c1. The number of aromatic nitrogens is 1. The van der Waals surface area contributed by atoms with Gasteiger partial charge in [-0.1, -0.05) is 0 Å². The molecule has 0 fully saturated rings. The molecule has 1 aromatic carbocycles. The molecule has 0 aliphatic carbocycles. The van der Waals surface area contributed by atoms with Gasteiger partial charge in [0.1, 0.15) is 0 Å². The molecule has 0 atom stereocenters. The Morgan fingerprint density at radius 3 is 2.48 bits per heavy atom. The molecule has 0 radical (unpaired) electrons. The number of ether oxygens (including phenoxy) is 1. The van der Waals surface area contributed by atoms with Crippen molar-refractivity contribution in [3.8, 4) is 11.6 Å². The quantitative estimate of drug-likeness (QED) is 0.880. The monoisotopic (exact) mass is 297 g/mol. The normalized spacial score (nSPS) is 11.3. The molecule has 7 heteroatoms. The van der Waals surface area contributed by atoms with Crippen molar-refractivity contribution in [3.63, 3.8) is 0 Å². The van der Waals surface area contributed by atoms with E-state index in [9.17, 15) is 13.2 Å². The number of halogens is 3. The lowest BCUT2D eigenvalue weighted by atomic mass is 10.2. The maximum atomic E-state index is 12.6. The molecule has 1 aromatic heterocycles. The minimum Gasteiger partial charge on any atom is -0.437 e. The van der Waals surface area contributed by atoms with Crippen LogP contribution in [0.4, 0.5) is 24.5 Å². The van der Waals surface area contributed by atoms with Crippen molar-refractivity contribution in [2.24, 2.45) is 0 Å². The van der Waals surface area contributed by atoms with E-state index in [0.717, 1.165) is 24.0 Å². The second-order valence-electron chi connectivity index (χ2n) is 4.60. The molecule has 0 saturated carbocycles. The van der Waals surface area contributed by atoms with Crippen LogP contribution in [-0.2, 0) is 6.18 Å². The van der Waals surface area contributed by atoms with Gasteiger partial charge in [-0.25, -0.2) is 4.98 Å². The minimum absolute atomic E-state index is 0.160. The number of nitrogens with two attached hydrogens (primary N) is 1. The number of rotatable bonds is 3. The van der Waals surface area contributed by atoms with Crippen LogP contribution in [0.2, 0.25) is 0 Å². The first-order chi connectivity index (χ1) is 9.77. The van der Waals surface area contributed by atoms with Crippen LogP contribution in [0.5, 0.6) is 11.6 Å². The summed E-state index contributed by atoms with van der Waals surface area (Å²) in [6.45, 7) is 0. The highest BCUT2D eigenvalue weighted by Gasteiger charge is 2.31. The number of nitrogens with zero attached hydrogens (tertiary/aromatic N) is 2. The summed E-state index contributed by atoms with van der Waals surface area (Å²) in [5.74, 6) is 0.0976. The van der Waals surface area contributed by atoms with E-state index < -0.39 is 11.7 Å². The molecule has 4 nitrogen and oxygen atoms in total. The highest BCUT2D eigenvalue weighted by molar-refractivity contribution is 5.62. The Labute approximate surface area is 120 Å². The van der Waals surface area contributed by atoms with Gasteiger partial charge in [-0.05, 0) is 18.2 Å². The van der Waals surface area contributed by atoms with E-state index in [-0.39, 0.29) is 11.6 Å². The Morgan fingerprint density at radius 1 is 1.14 bits per heavy atom. The molecule has 2 aromatic rings. The van der Waals surface area contributed by atoms with Crippen LogP contribution in [-0.4, -0.2) is 19.1 Å². The number of pyridine rings is 1. The highest BCUT2D eigenvalue weighted by Crippen LogP contribution is 2.34. The van der Waals surface area contributed by atoms with Gasteiger partial charge < -0.3 is 15.4 Å². The average molecular weight is 297 g/mol. The van der Waals surface area contributed by atoms with Gasteiger partial charge in [0.05, 0.1) is 11.3 Å². The lowest BCUT2D eigenvalue weighted by molar-refractivity contribution is -0.137. The molecular weight excluding hydrogens is 283 g/mol. The fraction of sp³-hybridized carbons (Fsp3) is 0.214. The lowest BCUT2D eigenvalue weighted by Crippen LogP contribution is -2.09. The average Bonchev–Trinajstić information content (AvgIpc) is 2.40. The number of hydrogen-bond acceptors (Lipinski definition) is 4. The van der Waals surface area contributed by atoms with Crippen molar-refractivity contribution in [2.45, 2.75) is 6.18 Å². The molecule has 1 heterocycles. The van der Waals surface area contributed by atoms with Gasteiger partial charge in [0, 0.05) is 38.1 Å². The second kappa shape index (κ2) is 5.51. The van der Waals surface area contributed by atoms with Gasteiger partial charge in [-0.2, -0.15) is 13.2 Å². The molecule has 0 saturated heterocycles. The van der Waals surface area contributed by atoms with Crippen LogP contribution in [0, 0.1) is 0 Å². The molecule has 0 bridgehead atoms. The predicted molar refractivity (Wildman–Crippen MR) is 74.5 cm³/mol. The van der Waals surface area contributed by atoms with Crippen LogP contribution < -0.4 is 15.4 Å². The zero-order valence-electron chi connectivity index (χ0n) is 11.5. The number of benzene rings is 1. The Kier molecular flexibility index (Phi) is 3.93. The van der Waals surface area contributed by atoms with Gasteiger partial charge in [0.25, 0.3) is 0 Å². The van der Waals surface area contributed by atoms with Crippen LogP contribution in [0.1, 0.15) is 5.56 Å². The van der Waals surface area contributed by atoms with E-state index in [1.807, 2.05) is 19.0 Å². The summed E-state index contributed by atoms with van der Waals surface area (Å²) in [7, 11) is 3.66. The molecular formula is C14H14F3N3O. The standard InChI is InChI=1S/C14H14F3N3O/c1-20(2)10-3-4-11(18)12(8-10)21-13-7-9(5-6-19-13)14(15,16)17/h3-8H,18H2,1-2H3. The van der Waals surface area contributed by atoms with Gasteiger partial charge in [-0.3, -0.25) is 0 Å². The third-order valence-corrected chi connectivity index (χ3v) is 2.79. The van der Waals surface area contributed by atoms with Crippen LogP contribution in [0.3, 0.4) is 0 Å². The highest BCUT2D eigenvalue weighted by atomic mass is 19.4. The zero-order valence-corrected chi connectivity index (χ0v) is 11.5. The molecule has 0 aliphatic rings. The number of nitrogen functional groups attached to an aromatic ring is 1. The van der Waals surface area contributed by atoms with Crippen LogP contribution >= 0.6 is 0 Å². The van der Waals surface area contributed by atoms with Crippen LogP contribution in [0.15, 0.2) is 36.5 Å². The summed E-state index contributed by atoms with van der Waals surface area (Å²) in [6, 6.07) is 6.76. The zero-order chi connectivity index (χ0) is 15.6. The number of anilines is 2. The lowest BCUT2D eigenvalue weighted by Gasteiger charge is -2.15. The third-order valence-electron chi connectivity index (χ3n) is 2.79. The van der Waals surface area contributed by atoms with Crippen molar-refractivity contribution in [1.82, 2.24) is 4.98 Å². The summed E-state index contributed by atoms with van der Waals surface area (Å²) in [6.07, 6.45) is -3.40. The van der Waals surface area contributed by atoms with Crippen molar-refractivity contribution >= 4 is 11.4 Å². The molecule has 0 aliphatic heterocycles. The van der Waals surface area contributed by atoms with E-state index in [4.69, 9.17) is 10.5 Å². The predicted octanol–water partition coefficient (Wildman–Crippen LogP) is 3.54. The van der Waals surface area contributed by atoms with E-state index >= 15 is 0 Å². The summed E-state index contributed by atoms with van der Waals surface area (Å²) in [5, 5.41) is 0. The first-order valence-corrected chi connectivity index (χ1v) is 6.05. The summed E-state index contributed by atoms with van der Waals surface area (Å²) >= 11 is 0. The molecule has 2 rings (SSSR count). The molecule has 21 heavy (non-hydrogen) atoms. The van der Waals surface area contributed by atoms with E-state index in [1.165, 1.54) is 0 Å². The maximum Gasteiger partial charge on any atom is 0.416 e. The fourth-order valence-corrected chi connectivity index (χ4v) is 1.64. The Hall–Kier alpha value is -2.44. The molecule has 2 N–H and O–H groups in total. The largest absolute Gasteiger partial charge is 0.437 e. The smallest absolute Gasteiger partial charge is 0.416 e. The number of hydrogen-bond donors (Lipinski definition) is 1. The molecule has 0 amide bonds. The number of alkyl halides is 3. The van der Waals surface area contributed by atoms with Gasteiger partial charge in [0.15, 0.2) is 5.75 Å². The molecule has 0 spiro atoms. The van der Waals surface area contributed by atoms with E-state index in [2.05, 4.69) is 4.98 Å². The molecule has 0 unspecified atom stereocenters. The Bertz CT molecular complexity index is 642. The summed E-state index contributed by atoms with van der Waals surface area (Å²) < 4.78 is 43.3. The van der Waals surface area contributed by atoms with Gasteiger partial charge in [-0.15, -0.1) is 0 Å². The molecule has 112 valence electrons. The summed E-state index contributed by atoms with van der Waals surface area (Å²) in [5.41, 5.74) is 6.07. The Morgan fingerprint density at radius 2 is 1.86 bits per heavy atom. The van der Waals surface area contributed by atoms with Crippen LogP contribution in [0.25, 0.3) is 0 Å².